The average molecular weight is 561 g/mol. The van der Waals surface area contributed by atoms with Crippen LogP contribution in [0.3, 0.4) is 0 Å². The summed E-state index contributed by atoms with van der Waals surface area (Å²) in [5, 5.41) is 24.6. The van der Waals surface area contributed by atoms with E-state index in [1.165, 1.54) is 19.3 Å². The van der Waals surface area contributed by atoms with E-state index in [4.69, 9.17) is 16.3 Å². The highest BCUT2D eigenvalue weighted by molar-refractivity contribution is 7.11. The highest BCUT2D eigenvalue weighted by Gasteiger charge is 2.24. The van der Waals surface area contributed by atoms with Crippen LogP contribution in [-0.2, 0) is 6.61 Å². The molecule has 204 valence electrons. The number of anilines is 1. The van der Waals surface area contributed by atoms with Crippen molar-refractivity contribution < 1.29 is 33.3 Å². The van der Waals surface area contributed by atoms with Gasteiger partial charge in [-0.2, -0.15) is 4.37 Å². The second-order valence-electron chi connectivity index (χ2n) is 8.88. The summed E-state index contributed by atoms with van der Waals surface area (Å²) >= 11 is 6.27. The van der Waals surface area contributed by atoms with E-state index < -0.39 is 41.4 Å². The maximum Gasteiger partial charge on any atom is 0.344 e. The van der Waals surface area contributed by atoms with Crippen molar-refractivity contribution >= 4 is 40.1 Å². The number of carbonyl (C=O) groups excluding carboxylic acids is 1. The van der Waals surface area contributed by atoms with Crippen LogP contribution in [0.4, 0.5) is 18.6 Å². The molecule has 13 heteroatoms. The van der Waals surface area contributed by atoms with Crippen LogP contribution < -0.4 is 15.4 Å². The van der Waals surface area contributed by atoms with Crippen molar-refractivity contribution in [3.63, 3.8) is 0 Å². The second kappa shape index (κ2) is 14.4. The van der Waals surface area contributed by atoms with Crippen LogP contribution in [0.5, 0.6) is 5.88 Å². The van der Waals surface area contributed by atoms with Crippen molar-refractivity contribution in [2.45, 2.75) is 57.7 Å². The van der Waals surface area contributed by atoms with Gasteiger partial charge in [-0.15, -0.1) is 0 Å². The number of benzene rings is 1. The number of unbranched alkanes of at least 4 members (excludes halogenated alkanes) is 2. The van der Waals surface area contributed by atoms with Crippen molar-refractivity contribution in [1.82, 2.24) is 14.6 Å². The number of rotatable bonds is 13. The molecule has 0 aliphatic carbocycles. The van der Waals surface area contributed by atoms with Crippen molar-refractivity contribution in [1.29, 1.82) is 0 Å². The first-order valence-corrected chi connectivity index (χ1v) is 13.3. The molecule has 0 saturated carbocycles. The summed E-state index contributed by atoms with van der Waals surface area (Å²) in [5.74, 6) is -3.67. The predicted molar refractivity (Wildman–Crippen MR) is 137 cm³/mol. The number of carboxylic acids is 1. The Morgan fingerprint density at radius 2 is 1.86 bits per heavy atom. The molecule has 1 unspecified atom stereocenters. The van der Waals surface area contributed by atoms with E-state index in [2.05, 4.69) is 19.9 Å². The van der Waals surface area contributed by atoms with Crippen LogP contribution in [0, 0.1) is 11.6 Å². The van der Waals surface area contributed by atoms with E-state index in [0.29, 0.717) is 37.5 Å². The molecule has 0 radical (unpaired) electrons. The molecule has 1 aromatic heterocycles. The van der Waals surface area contributed by atoms with Crippen LogP contribution in [-0.4, -0.2) is 63.8 Å². The Balaban J connectivity index is 1.40. The van der Waals surface area contributed by atoms with Gasteiger partial charge < -0.3 is 25.2 Å². The molecule has 3 rings (SSSR count). The Kier molecular flexibility index (Phi) is 11.3. The SMILES string of the molecule is O=C(NCCCCCC(O)CN1CCCCC1)Nc1snc(OCc2c(F)cc(Cl)cc2F)c1C(=O)O. The number of piperidine rings is 1. The van der Waals surface area contributed by atoms with Gasteiger partial charge in [0.05, 0.1) is 11.7 Å². The number of likely N-dealkylation sites (tertiary alicyclic amines) is 1. The number of urea groups is 1. The third kappa shape index (κ3) is 9.06. The number of aromatic carboxylic acids is 1. The first-order valence-electron chi connectivity index (χ1n) is 12.2. The molecule has 2 heterocycles. The van der Waals surface area contributed by atoms with Gasteiger partial charge in [-0.3, -0.25) is 5.32 Å². The molecule has 1 aliphatic heterocycles. The third-order valence-electron chi connectivity index (χ3n) is 5.98. The van der Waals surface area contributed by atoms with E-state index in [-0.39, 0.29) is 22.0 Å². The zero-order valence-corrected chi connectivity index (χ0v) is 21.8. The number of nitrogens with zero attached hydrogens (tertiary/aromatic N) is 2. The Hall–Kier alpha value is -2.54. The minimum absolute atomic E-state index is 0.0714. The summed E-state index contributed by atoms with van der Waals surface area (Å²) in [7, 11) is 0. The van der Waals surface area contributed by atoms with Crippen molar-refractivity contribution in [3.05, 3.63) is 39.9 Å². The fourth-order valence-electron chi connectivity index (χ4n) is 4.06. The van der Waals surface area contributed by atoms with Gasteiger partial charge in [-0.05, 0) is 62.4 Å². The smallest absolute Gasteiger partial charge is 0.344 e. The van der Waals surface area contributed by atoms with Crippen LogP contribution in [0.15, 0.2) is 12.1 Å². The summed E-state index contributed by atoms with van der Waals surface area (Å²) in [6.45, 7) is 2.56. The second-order valence-corrected chi connectivity index (χ2v) is 10.1. The van der Waals surface area contributed by atoms with Crippen LogP contribution in [0.25, 0.3) is 0 Å². The van der Waals surface area contributed by atoms with E-state index >= 15 is 0 Å². The van der Waals surface area contributed by atoms with Gasteiger partial charge >= 0.3 is 12.0 Å². The number of amides is 2. The number of hydrogen-bond acceptors (Lipinski definition) is 7. The molecular formula is C24H31ClF2N4O5S. The van der Waals surface area contributed by atoms with Gasteiger partial charge in [0.1, 0.15) is 23.2 Å². The number of aliphatic hydroxyl groups is 1. The fourth-order valence-corrected chi connectivity index (χ4v) is 4.97. The molecule has 2 amide bonds. The van der Waals surface area contributed by atoms with Crippen molar-refractivity contribution in [2.75, 3.05) is 31.5 Å². The topological polar surface area (TPSA) is 124 Å². The molecule has 4 N–H and O–H groups in total. The van der Waals surface area contributed by atoms with Crippen LogP contribution >= 0.6 is 23.1 Å². The molecule has 1 atom stereocenters. The molecule has 0 bridgehead atoms. The van der Waals surface area contributed by atoms with Gasteiger partial charge in [-0.1, -0.05) is 30.9 Å². The molecule has 9 nitrogen and oxygen atoms in total. The lowest BCUT2D eigenvalue weighted by Gasteiger charge is -2.28. The fraction of sp³-hybridized carbons (Fsp3) is 0.542. The van der Waals surface area contributed by atoms with Crippen molar-refractivity contribution in [2.24, 2.45) is 0 Å². The zero-order chi connectivity index (χ0) is 26.8. The lowest BCUT2D eigenvalue weighted by Crippen LogP contribution is -2.36. The molecule has 0 spiro atoms. The highest BCUT2D eigenvalue weighted by Crippen LogP contribution is 2.31. The standard InChI is InChI=1S/C24H31ClF2N4O5S/c25-15-11-18(26)17(19(27)12-15)14-36-21-20(23(33)34)22(37-30-21)29-24(35)28-8-4-1-3-7-16(32)13-31-9-5-2-6-10-31/h11-12,16,32H,1-10,13-14H2,(H,33,34)(H2,28,29,35). The molecular weight excluding hydrogens is 530 g/mol. The van der Waals surface area contributed by atoms with Crippen molar-refractivity contribution in [3.8, 4) is 5.88 Å². The molecule has 1 saturated heterocycles. The van der Waals surface area contributed by atoms with Crippen LogP contribution in [0.1, 0.15) is 60.9 Å². The highest BCUT2D eigenvalue weighted by atomic mass is 35.5. The Labute approximate surface area is 222 Å². The number of β-amino-alcohol motifs (C(OH)–C–C–N with tert-alkyl or cyclic N) is 1. The largest absolute Gasteiger partial charge is 0.477 e. The van der Waals surface area contributed by atoms with Gasteiger partial charge in [-0.25, -0.2) is 18.4 Å². The quantitative estimate of drug-likeness (QED) is 0.257. The number of ether oxygens (including phenoxy) is 1. The third-order valence-corrected chi connectivity index (χ3v) is 6.94. The summed E-state index contributed by atoms with van der Waals surface area (Å²) in [4.78, 5) is 26.2. The first kappa shape index (κ1) is 29.0. The van der Waals surface area contributed by atoms with Gasteiger partial charge in [0.2, 0.25) is 5.88 Å². The summed E-state index contributed by atoms with van der Waals surface area (Å²) in [6.07, 6.45) is 6.36. The number of hydrogen-bond donors (Lipinski definition) is 4. The van der Waals surface area contributed by atoms with Crippen LogP contribution in [0.2, 0.25) is 5.02 Å². The number of carboxylic acid groups (broad SMARTS) is 1. The van der Waals surface area contributed by atoms with E-state index in [1.54, 1.807) is 0 Å². The summed E-state index contributed by atoms with van der Waals surface area (Å²) in [6, 6.07) is 1.22. The lowest BCUT2D eigenvalue weighted by atomic mass is 10.1. The zero-order valence-electron chi connectivity index (χ0n) is 20.3. The number of aliphatic hydroxyl groups excluding tert-OH is 1. The van der Waals surface area contributed by atoms with E-state index in [9.17, 15) is 28.6 Å². The Morgan fingerprint density at radius 3 is 2.54 bits per heavy atom. The minimum Gasteiger partial charge on any atom is -0.477 e. The summed E-state index contributed by atoms with van der Waals surface area (Å²) in [5.41, 5.74) is -0.849. The maximum absolute atomic E-state index is 14.0. The normalized spacial score (nSPS) is 14.8. The molecule has 1 aromatic carbocycles. The number of carbonyl (C=O) groups is 2. The molecule has 37 heavy (non-hydrogen) atoms. The van der Waals surface area contributed by atoms with Gasteiger partial charge in [0, 0.05) is 18.1 Å². The summed E-state index contributed by atoms with van der Waals surface area (Å²) < 4.78 is 37.0. The first-order chi connectivity index (χ1) is 17.7. The average Bonchev–Trinajstić information content (AvgIpc) is 3.23. The maximum atomic E-state index is 14.0. The number of aromatic nitrogens is 1. The van der Waals surface area contributed by atoms with E-state index in [0.717, 1.165) is 38.1 Å². The Bertz CT molecular complexity index is 1040. The Morgan fingerprint density at radius 1 is 1.16 bits per heavy atom. The number of halogens is 3. The molecule has 1 fully saturated rings. The van der Waals surface area contributed by atoms with Gasteiger partial charge in [0.25, 0.3) is 0 Å². The van der Waals surface area contributed by atoms with Gasteiger partial charge in [0.15, 0.2) is 5.56 Å². The molecule has 1 aliphatic rings. The monoisotopic (exact) mass is 560 g/mol. The lowest BCUT2D eigenvalue weighted by molar-refractivity contribution is 0.0692. The predicted octanol–water partition coefficient (Wildman–Crippen LogP) is 4.88. The van der Waals surface area contributed by atoms with E-state index in [1.807, 2.05) is 0 Å². The molecule has 2 aromatic rings. The minimum atomic E-state index is -1.42. The number of nitrogens with one attached hydrogen (secondary N) is 2.